The van der Waals surface area contributed by atoms with Crippen LogP contribution in [-0.4, -0.2) is 18.6 Å². The lowest BCUT2D eigenvalue weighted by molar-refractivity contribution is 0.627. The van der Waals surface area contributed by atoms with Crippen molar-refractivity contribution in [1.29, 1.82) is 5.41 Å². The topological polar surface area (TPSA) is 53.1 Å². The van der Waals surface area contributed by atoms with Crippen LogP contribution < -0.4 is 10.6 Å². The van der Waals surface area contributed by atoms with E-state index in [0.29, 0.717) is 11.3 Å². The first-order chi connectivity index (χ1) is 10.1. The monoisotopic (exact) mass is 303 g/mol. The third kappa shape index (κ3) is 3.19. The fourth-order valence-corrected chi connectivity index (χ4v) is 3.04. The van der Waals surface area contributed by atoms with Crippen LogP contribution in [0.1, 0.15) is 12.5 Å². The third-order valence-electron chi connectivity index (χ3n) is 3.15. The van der Waals surface area contributed by atoms with Crippen LogP contribution in [0.15, 0.2) is 47.4 Å². The molecule has 0 heterocycles. The summed E-state index contributed by atoms with van der Waals surface area (Å²) in [5.74, 6) is 0.570. The van der Waals surface area contributed by atoms with E-state index in [9.17, 15) is 4.39 Å². The zero-order chi connectivity index (χ0) is 15.4. The summed E-state index contributed by atoms with van der Waals surface area (Å²) in [5, 5.41) is 7.85. The Morgan fingerprint density at radius 3 is 2.48 bits per heavy atom. The second kappa shape index (κ2) is 6.63. The molecule has 0 spiro atoms. The maximum atomic E-state index is 14.0. The van der Waals surface area contributed by atoms with Gasteiger partial charge in [0.1, 0.15) is 11.7 Å². The average Bonchev–Trinajstić information content (AvgIpc) is 2.47. The molecule has 2 aromatic carbocycles. The molecule has 21 heavy (non-hydrogen) atoms. The summed E-state index contributed by atoms with van der Waals surface area (Å²) in [4.78, 5) is 2.66. The summed E-state index contributed by atoms with van der Waals surface area (Å²) in [6.07, 6.45) is 0. The Hall–Kier alpha value is -2.01. The number of nitrogens with one attached hydrogen (secondary N) is 1. The van der Waals surface area contributed by atoms with Crippen LogP contribution in [-0.2, 0) is 0 Å². The van der Waals surface area contributed by atoms with Crippen LogP contribution in [0, 0.1) is 11.2 Å². The molecule has 0 aliphatic rings. The van der Waals surface area contributed by atoms with Gasteiger partial charge < -0.3 is 10.6 Å². The summed E-state index contributed by atoms with van der Waals surface area (Å²) in [5.41, 5.74) is 7.58. The van der Waals surface area contributed by atoms with Gasteiger partial charge in [0.05, 0.1) is 16.9 Å². The van der Waals surface area contributed by atoms with Gasteiger partial charge in [0.2, 0.25) is 0 Å². The molecule has 5 heteroatoms. The van der Waals surface area contributed by atoms with Crippen molar-refractivity contribution in [1.82, 2.24) is 0 Å². The Bertz CT molecular complexity index is 658. The first-order valence-corrected chi connectivity index (χ1v) is 7.63. The van der Waals surface area contributed by atoms with Crippen molar-refractivity contribution >= 4 is 29.0 Å². The molecule has 3 nitrogen and oxygen atoms in total. The van der Waals surface area contributed by atoms with E-state index in [1.807, 2.05) is 25.1 Å². The molecule has 0 unspecified atom stereocenters. The largest absolute Gasteiger partial charge is 0.384 e. The van der Waals surface area contributed by atoms with Crippen molar-refractivity contribution < 1.29 is 4.39 Å². The Balaban J connectivity index is 2.55. The Kier molecular flexibility index (Phi) is 4.85. The molecule has 0 amide bonds. The second-order valence-electron chi connectivity index (χ2n) is 4.51. The van der Waals surface area contributed by atoms with Gasteiger partial charge in [-0.1, -0.05) is 25.1 Å². The van der Waals surface area contributed by atoms with E-state index in [1.165, 1.54) is 6.07 Å². The highest BCUT2D eigenvalue weighted by atomic mass is 32.2. The molecule has 0 aliphatic heterocycles. The quantitative estimate of drug-likeness (QED) is 0.499. The lowest BCUT2D eigenvalue weighted by Crippen LogP contribution is -2.20. The van der Waals surface area contributed by atoms with Gasteiger partial charge >= 0.3 is 0 Å². The Morgan fingerprint density at radius 1 is 1.19 bits per heavy atom. The molecule has 110 valence electrons. The zero-order valence-corrected chi connectivity index (χ0v) is 12.9. The fourth-order valence-electron chi connectivity index (χ4n) is 2.20. The minimum Gasteiger partial charge on any atom is -0.384 e. The molecule has 0 bridgehead atoms. The van der Waals surface area contributed by atoms with Crippen LogP contribution in [0.25, 0.3) is 0 Å². The smallest absolute Gasteiger partial charge is 0.146 e. The van der Waals surface area contributed by atoms with Gasteiger partial charge in [0.15, 0.2) is 0 Å². The fraction of sp³-hybridized carbons (Fsp3) is 0.188. The van der Waals surface area contributed by atoms with Gasteiger partial charge in [0.25, 0.3) is 0 Å². The van der Waals surface area contributed by atoms with E-state index in [0.717, 1.165) is 16.3 Å². The van der Waals surface area contributed by atoms with Crippen molar-refractivity contribution in [2.24, 2.45) is 5.73 Å². The minimum absolute atomic E-state index is 0.00950. The number of benzene rings is 2. The molecule has 0 saturated carbocycles. The van der Waals surface area contributed by atoms with E-state index in [2.05, 4.69) is 0 Å². The standard InChI is InChI=1S/C16H18FN3S/c1-3-21-14-10-6-9-13(15(14)16(18)19)20(2)12-8-5-4-7-11(12)17/h4-10H,3H2,1-2H3,(H3,18,19). The summed E-state index contributed by atoms with van der Waals surface area (Å²) < 4.78 is 14.0. The van der Waals surface area contributed by atoms with Gasteiger partial charge in [-0.15, -0.1) is 11.8 Å². The van der Waals surface area contributed by atoms with Gasteiger partial charge in [-0.05, 0) is 30.0 Å². The molecular formula is C16H18FN3S. The van der Waals surface area contributed by atoms with Crippen LogP contribution in [0.2, 0.25) is 0 Å². The maximum Gasteiger partial charge on any atom is 0.146 e. The number of halogens is 1. The maximum absolute atomic E-state index is 14.0. The first kappa shape index (κ1) is 15.4. The molecule has 2 rings (SSSR count). The number of nitrogen functional groups attached to an aromatic ring is 1. The van der Waals surface area contributed by atoms with E-state index < -0.39 is 0 Å². The minimum atomic E-state index is -0.303. The Labute approximate surface area is 128 Å². The number of hydrogen-bond acceptors (Lipinski definition) is 3. The predicted molar refractivity (Wildman–Crippen MR) is 88.3 cm³/mol. The number of nitrogens with zero attached hydrogens (tertiary/aromatic N) is 1. The highest BCUT2D eigenvalue weighted by Crippen LogP contribution is 2.34. The van der Waals surface area contributed by atoms with Crippen molar-refractivity contribution in [3.63, 3.8) is 0 Å². The van der Waals surface area contributed by atoms with Gasteiger partial charge in [-0.25, -0.2) is 4.39 Å². The average molecular weight is 303 g/mol. The molecule has 3 N–H and O–H groups in total. The summed E-state index contributed by atoms with van der Waals surface area (Å²) in [6, 6.07) is 12.3. The third-order valence-corrected chi connectivity index (χ3v) is 4.09. The van der Waals surface area contributed by atoms with E-state index in [1.54, 1.807) is 41.9 Å². The molecule has 0 fully saturated rings. The summed E-state index contributed by atoms with van der Waals surface area (Å²) in [6.45, 7) is 2.04. The number of para-hydroxylation sites is 1. The highest BCUT2D eigenvalue weighted by molar-refractivity contribution is 7.99. The highest BCUT2D eigenvalue weighted by Gasteiger charge is 2.17. The molecular weight excluding hydrogens is 285 g/mol. The summed E-state index contributed by atoms with van der Waals surface area (Å²) >= 11 is 1.62. The van der Waals surface area contributed by atoms with Crippen LogP contribution in [0.4, 0.5) is 15.8 Å². The molecule has 2 aromatic rings. The van der Waals surface area contributed by atoms with Crippen LogP contribution >= 0.6 is 11.8 Å². The number of rotatable bonds is 5. The second-order valence-corrected chi connectivity index (χ2v) is 5.81. The van der Waals surface area contributed by atoms with E-state index in [4.69, 9.17) is 11.1 Å². The predicted octanol–water partition coefficient (Wildman–Crippen LogP) is 3.99. The van der Waals surface area contributed by atoms with Gasteiger partial charge in [-0.3, -0.25) is 5.41 Å². The number of thioether (sulfide) groups is 1. The molecule has 0 aliphatic carbocycles. The van der Waals surface area contributed by atoms with Crippen molar-refractivity contribution in [2.45, 2.75) is 11.8 Å². The van der Waals surface area contributed by atoms with Gasteiger partial charge in [-0.2, -0.15) is 0 Å². The number of anilines is 2. The molecule has 0 aromatic heterocycles. The normalized spacial score (nSPS) is 10.4. The Morgan fingerprint density at radius 2 is 1.86 bits per heavy atom. The first-order valence-electron chi connectivity index (χ1n) is 6.64. The SMILES string of the molecule is CCSc1cccc(N(C)c2ccccc2F)c1C(=N)N. The lowest BCUT2D eigenvalue weighted by Gasteiger charge is -2.24. The molecule has 0 saturated heterocycles. The van der Waals surface area contributed by atoms with Crippen LogP contribution in [0.3, 0.4) is 0 Å². The molecule has 0 atom stereocenters. The van der Waals surface area contributed by atoms with E-state index in [-0.39, 0.29) is 11.7 Å². The molecule has 0 radical (unpaired) electrons. The van der Waals surface area contributed by atoms with E-state index >= 15 is 0 Å². The number of nitrogens with two attached hydrogens (primary N) is 1. The summed E-state index contributed by atoms with van der Waals surface area (Å²) in [7, 11) is 1.78. The van der Waals surface area contributed by atoms with Crippen LogP contribution in [0.5, 0.6) is 0 Å². The number of amidine groups is 1. The zero-order valence-electron chi connectivity index (χ0n) is 12.1. The van der Waals surface area contributed by atoms with Crippen molar-refractivity contribution in [3.05, 3.63) is 53.8 Å². The van der Waals surface area contributed by atoms with Gasteiger partial charge in [0, 0.05) is 11.9 Å². The lowest BCUT2D eigenvalue weighted by atomic mass is 10.1. The van der Waals surface area contributed by atoms with Crippen molar-refractivity contribution in [2.75, 3.05) is 17.7 Å². The number of hydrogen-bond donors (Lipinski definition) is 2. The van der Waals surface area contributed by atoms with Crippen molar-refractivity contribution in [3.8, 4) is 0 Å².